The van der Waals surface area contributed by atoms with E-state index in [0.29, 0.717) is 37.2 Å². The van der Waals surface area contributed by atoms with Crippen molar-refractivity contribution in [2.45, 2.75) is 90.1 Å². The number of urea groups is 1. The fourth-order valence-corrected chi connectivity index (χ4v) is 5.47. The van der Waals surface area contributed by atoms with E-state index in [-0.39, 0.29) is 0 Å². The molecule has 3 N–H and O–H groups in total. The van der Waals surface area contributed by atoms with Crippen LogP contribution >= 0.6 is 0 Å². The van der Waals surface area contributed by atoms with E-state index in [9.17, 15) is 23.5 Å². The molecule has 1 aromatic carbocycles. The second-order valence-electron chi connectivity index (χ2n) is 10.6. The summed E-state index contributed by atoms with van der Waals surface area (Å²) in [6.45, 7) is 10.9. The number of benzene rings is 1. The Morgan fingerprint density at radius 1 is 1.13 bits per heavy atom. The molecule has 8 nitrogen and oxygen atoms in total. The molecule has 1 unspecified atom stereocenters. The standard InChI is InChI=1S/C28H43F2N3O5/c1-5-37-23-15-22(16-24(19(23)3)38-6-2)20(4)33(14-8-7-9-21-10-12-31-13-11-21)26(36)32-27(25(34)35)17-28(29,30)18-27/h15-16,20-21,31H,5-14,17-18H2,1-4H3,(H,32,36)(H,34,35). The summed E-state index contributed by atoms with van der Waals surface area (Å²) in [5.74, 6) is -2.60. The van der Waals surface area contributed by atoms with Crippen LogP contribution in [0.5, 0.6) is 11.5 Å². The highest BCUT2D eigenvalue weighted by Crippen LogP contribution is 2.46. The summed E-state index contributed by atoms with van der Waals surface area (Å²) < 4.78 is 39.0. The van der Waals surface area contributed by atoms with Crippen LogP contribution in [0.2, 0.25) is 0 Å². The minimum absolute atomic E-state index is 0.367. The van der Waals surface area contributed by atoms with Crippen LogP contribution in [-0.2, 0) is 4.79 Å². The number of unbranched alkanes of at least 4 members (excludes halogenated alkanes) is 1. The van der Waals surface area contributed by atoms with Crippen molar-refractivity contribution in [1.29, 1.82) is 0 Å². The van der Waals surface area contributed by atoms with Crippen molar-refractivity contribution in [3.05, 3.63) is 23.3 Å². The van der Waals surface area contributed by atoms with Gasteiger partial charge < -0.3 is 30.1 Å². The Labute approximate surface area is 224 Å². The Morgan fingerprint density at radius 2 is 1.71 bits per heavy atom. The molecule has 2 fully saturated rings. The van der Waals surface area contributed by atoms with Crippen molar-refractivity contribution < 1.29 is 33.0 Å². The summed E-state index contributed by atoms with van der Waals surface area (Å²) in [4.78, 5) is 26.9. The number of nitrogens with zero attached hydrogens (tertiary/aromatic N) is 1. The van der Waals surface area contributed by atoms with Gasteiger partial charge in [0.2, 0.25) is 0 Å². The van der Waals surface area contributed by atoms with E-state index >= 15 is 0 Å². The average molecular weight is 540 g/mol. The van der Waals surface area contributed by atoms with Crippen LogP contribution in [0.1, 0.15) is 82.9 Å². The van der Waals surface area contributed by atoms with Gasteiger partial charge in [-0.05, 0) is 83.7 Å². The smallest absolute Gasteiger partial charge is 0.329 e. The van der Waals surface area contributed by atoms with Gasteiger partial charge >= 0.3 is 12.0 Å². The van der Waals surface area contributed by atoms with Gasteiger partial charge in [-0.3, -0.25) is 0 Å². The topological polar surface area (TPSA) is 100 Å². The zero-order valence-corrected chi connectivity index (χ0v) is 23.1. The number of carbonyl (C=O) groups excluding carboxylic acids is 1. The molecule has 1 aliphatic carbocycles. The molecule has 0 radical (unpaired) electrons. The minimum Gasteiger partial charge on any atom is -0.493 e. The van der Waals surface area contributed by atoms with Gasteiger partial charge in [0.05, 0.1) is 19.3 Å². The van der Waals surface area contributed by atoms with Crippen LogP contribution < -0.4 is 20.1 Å². The maximum atomic E-state index is 13.7. The molecule has 1 saturated heterocycles. The molecule has 0 bridgehead atoms. The number of nitrogens with one attached hydrogen (secondary N) is 2. The monoisotopic (exact) mass is 539 g/mol. The van der Waals surface area contributed by atoms with Crippen molar-refractivity contribution in [2.75, 3.05) is 32.8 Å². The molecule has 2 aliphatic rings. The first kappa shape index (κ1) is 29.9. The van der Waals surface area contributed by atoms with E-state index in [0.717, 1.165) is 56.3 Å². The number of alkyl halides is 2. The molecule has 1 heterocycles. The second kappa shape index (κ2) is 13.0. The molecule has 38 heavy (non-hydrogen) atoms. The number of amides is 2. The van der Waals surface area contributed by atoms with Crippen LogP contribution in [0.4, 0.5) is 13.6 Å². The van der Waals surface area contributed by atoms with E-state index < -0.39 is 42.3 Å². The first-order valence-corrected chi connectivity index (χ1v) is 13.8. The van der Waals surface area contributed by atoms with Crippen molar-refractivity contribution in [3.8, 4) is 11.5 Å². The normalized spacial score (nSPS) is 19.2. The van der Waals surface area contributed by atoms with E-state index in [1.165, 1.54) is 0 Å². The Kier molecular flexibility index (Phi) is 10.2. The maximum absolute atomic E-state index is 13.7. The van der Waals surface area contributed by atoms with Crippen molar-refractivity contribution in [1.82, 2.24) is 15.5 Å². The Hall–Kier alpha value is -2.62. The number of piperidine rings is 1. The molecule has 214 valence electrons. The lowest BCUT2D eigenvalue weighted by atomic mass is 9.73. The van der Waals surface area contributed by atoms with Gasteiger partial charge in [-0.2, -0.15) is 0 Å². The molecule has 1 saturated carbocycles. The SMILES string of the molecule is CCOc1cc(C(C)N(CCCCC2CCNCC2)C(=O)NC2(C(=O)O)CC(F)(F)C2)cc(OCC)c1C. The Bertz CT molecular complexity index is 933. The first-order chi connectivity index (χ1) is 18.0. The third-order valence-corrected chi connectivity index (χ3v) is 7.74. The average Bonchev–Trinajstić information content (AvgIpc) is 2.85. The molecule has 0 aromatic heterocycles. The number of aliphatic carboxylic acids is 1. The largest absolute Gasteiger partial charge is 0.493 e. The summed E-state index contributed by atoms with van der Waals surface area (Å²) in [6.07, 6.45) is 3.16. The van der Waals surface area contributed by atoms with Gasteiger partial charge in [0.25, 0.3) is 5.92 Å². The highest BCUT2D eigenvalue weighted by molar-refractivity contribution is 5.88. The van der Waals surface area contributed by atoms with E-state index in [1.807, 2.05) is 39.8 Å². The number of hydrogen-bond donors (Lipinski definition) is 3. The van der Waals surface area contributed by atoms with E-state index in [1.54, 1.807) is 4.90 Å². The molecular formula is C28H43F2N3O5. The molecule has 1 atom stereocenters. The number of carbonyl (C=O) groups is 2. The fraction of sp³-hybridized carbons (Fsp3) is 0.714. The van der Waals surface area contributed by atoms with Gasteiger partial charge in [0.1, 0.15) is 11.5 Å². The molecule has 2 amide bonds. The van der Waals surface area contributed by atoms with Crippen LogP contribution in [0, 0.1) is 12.8 Å². The number of ether oxygens (including phenoxy) is 2. The van der Waals surface area contributed by atoms with Crippen molar-refractivity contribution in [2.24, 2.45) is 5.92 Å². The number of rotatable bonds is 13. The summed E-state index contributed by atoms with van der Waals surface area (Å²) in [7, 11) is 0. The third-order valence-electron chi connectivity index (χ3n) is 7.74. The predicted molar refractivity (Wildman–Crippen MR) is 141 cm³/mol. The van der Waals surface area contributed by atoms with Crippen LogP contribution in [0.3, 0.4) is 0 Å². The Morgan fingerprint density at radius 3 is 2.21 bits per heavy atom. The highest BCUT2D eigenvalue weighted by Gasteiger charge is 2.62. The first-order valence-electron chi connectivity index (χ1n) is 13.8. The highest BCUT2D eigenvalue weighted by atomic mass is 19.3. The molecule has 3 rings (SSSR count). The van der Waals surface area contributed by atoms with Gasteiger partial charge in [-0.15, -0.1) is 0 Å². The van der Waals surface area contributed by atoms with E-state index in [4.69, 9.17) is 9.47 Å². The number of carboxylic acid groups (broad SMARTS) is 1. The summed E-state index contributed by atoms with van der Waals surface area (Å²) in [5.41, 5.74) is -0.350. The summed E-state index contributed by atoms with van der Waals surface area (Å²) >= 11 is 0. The predicted octanol–water partition coefficient (Wildman–Crippen LogP) is 5.29. The maximum Gasteiger partial charge on any atom is 0.329 e. The summed E-state index contributed by atoms with van der Waals surface area (Å²) in [6, 6.07) is 2.60. The van der Waals surface area contributed by atoms with Crippen molar-refractivity contribution >= 4 is 12.0 Å². The van der Waals surface area contributed by atoms with Gasteiger partial charge in [-0.25, -0.2) is 18.4 Å². The van der Waals surface area contributed by atoms with Gasteiger partial charge in [-0.1, -0.05) is 12.8 Å². The lowest BCUT2D eigenvalue weighted by Crippen LogP contribution is -2.68. The fourth-order valence-electron chi connectivity index (χ4n) is 5.47. The van der Waals surface area contributed by atoms with Crippen LogP contribution in [0.15, 0.2) is 12.1 Å². The molecule has 1 aromatic rings. The zero-order chi connectivity index (χ0) is 27.9. The second-order valence-corrected chi connectivity index (χ2v) is 10.6. The van der Waals surface area contributed by atoms with Crippen LogP contribution in [-0.4, -0.2) is 66.3 Å². The van der Waals surface area contributed by atoms with Crippen LogP contribution in [0.25, 0.3) is 0 Å². The number of carboxylic acids is 1. The summed E-state index contributed by atoms with van der Waals surface area (Å²) in [5, 5.41) is 15.5. The van der Waals surface area contributed by atoms with Gasteiger partial charge in [0.15, 0.2) is 5.54 Å². The third kappa shape index (κ3) is 7.27. The molecule has 1 aliphatic heterocycles. The molecule has 10 heteroatoms. The molecular weight excluding hydrogens is 496 g/mol. The molecule has 0 spiro atoms. The lowest BCUT2D eigenvalue weighted by molar-refractivity contribution is -0.175. The van der Waals surface area contributed by atoms with Gasteiger partial charge in [0, 0.05) is 24.9 Å². The number of halogens is 2. The lowest BCUT2D eigenvalue weighted by Gasteiger charge is -2.45. The quantitative estimate of drug-likeness (QED) is 0.295. The zero-order valence-electron chi connectivity index (χ0n) is 23.1. The van der Waals surface area contributed by atoms with E-state index in [2.05, 4.69) is 10.6 Å². The number of hydrogen-bond acceptors (Lipinski definition) is 5. The van der Waals surface area contributed by atoms with Crippen molar-refractivity contribution in [3.63, 3.8) is 0 Å². The Balaban J connectivity index is 1.82. The minimum atomic E-state index is -3.10.